The average Bonchev–Trinajstić information content (AvgIpc) is 2.68. The van der Waals surface area contributed by atoms with Crippen LogP contribution in [0.25, 0.3) is 0 Å². The maximum atomic E-state index is 14.1. The third-order valence-corrected chi connectivity index (χ3v) is 4.92. The van der Waals surface area contributed by atoms with Crippen molar-refractivity contribution < 1.29 is 27.9 Å². The van der Waals surface area contributed by atoms with E-state index in [1.165, 1.54) is 36.4 Å². The van der Waals surface area contributed by atoms with Gasteiger partial charge in [0.1, 0.15) is 17.5 Å². The Labute approximate surface area is 167 Å². The molecule has 150 valence electrons. The van der Waals surface area contributed by atoms with E-state index in [0.29, 0.717) is 23.1 Å². The monoisotopic (exact) mass is 400 g/mol. The number of rotatable bonds is 8. The fourth-order valence-corrected chi connectivity index (χ4v) is 3.72. The summed E-state index contributed by atoms with van der Waals surface area (Å²) in [5, 5.41) is 17.9. The van der Waals surface area contributed by atoms with Crippen LogP contribution in [0.5, 0.6) is 0 Å². The van der Waals surface area contributed by atoms with E-state index >= 15 is 0 Å². The zero-order valence-electron chi connectivity index (χ0n) is 15.6. The molecule has 0 radical (unpaired) electrons. The predicted molar refractivity (Wildman–Crippen MR) is 104 cm³/mol. The minimum Gasteiger partial charge on any atom is -0.402 e. The van der Waals surface area contributed by atoms with Crippen LogP contribution in [0.2, 0.25) is 0 Å². The van der Waals surface area contributed by atoms with Gasteiger partial charge in [0.05, 0.1) is 0 Å². The van der Waals surface area contributed by atoms with Crippen molar-refractivity contribution in [1.82, 2.24) is 0 Å². The fraction of sp³-hybridized carbons (Fsp3) is 0.182. The lowest BCUT2D eigenvalue weighted by Gasteiger charge is -2.36. The van der Waals surface area contributed by atoms with E-state index < -0.39 is 30.2 Å². The first kappa shape index (κ1) is 21.1. The molecular formula is C22H20BF3O3. The van der Waals surface area contributed by atoms with E-state index in [0.717, 1.165) is 0 Å². The van der Waals surface area contributed by atoms with E-state index in [2.05, 4.69) is 0 Å². The van der Waals surface area contributed by atoms with Crippen LogP contribution in [0.3, 0.4) is 0 Å². The van der Waals surface area contributed by atoms with Crippen LogP contribution < -0.4 is 0 Å². The maximum Gasteiger partial charge on any atom is 0.633 e. The van der Waals surface area contributed by atoms with Crippen molar-refractivity contribution in [2.75, 3.05) is 6.61 Å². The molecule has 7 heteroatoms. The molecule has 0 unspecified atom stereocenters. The third kappa shape index (κ3) is 4.88. The number of hydrogen-bond acceptors (Lipinski definition) is 3. The van der Waals surface area contributed by atoms with Gasteiger partial charge in [0.15, 0.2) is 0 Å². The molecular weight excluding hydrogens is 380 g/mol. The Kier molecular flexibility index (Phi) is 6.74. The standard InChI is InChI=1S/C22H20BF3O3/c24-19-8-1-5-16(13-19)22(11-4-12-29-23(27)28,17-6-2-9-20(25)14-17)18-7-3-10-21(26)15-18/h1-3,5-10,13-15,27-28H,4,11-12H2. The van der Waals surface area contributed by atoms with Crippen LogP contribution in [-0.2, 0) is 10.1 Å². The molecule has 0 aliphatic rings. The molecule has 0 aliphatic carbocycles. The Balaban J connectivity index is 2.20. The van der Waals surface area contributed by atoms with Crippen molar-refractivity contribution in [3.63, 3.8) is 0 Å². The summed E-state index contributed by atoms with van der Waals surface area (Å²) in [6.45, 7) is -0.000631. The van der Waals surface area contributed by atoms with Gasteiger partial charge in [0.2, 0.25) is 0 Å². The molecule has 0 saturated carbocycles. The van der Waals surface area contributed by atoms with Crippen LogP contribution in [0.1, 0.15) is 29.5 Å². The van der Waals surface area contributed by atoms with E-state index in [1.807, 2.05) is 0 Å². The zero-order valence-corrected chi connectivity index (χ0v) is 15.6. The Morgan fingerprint density at radius 2 is 1.14 bits per heavy atom. The Bertz CT molecular complexity index is 854. The van der Waals surface area contributed by atoms with Crippen molar-refractivity contribution in [3.8, 4) is 0 Å². The summed E-state index contributed by atoms with van der Waals surface area (Å²) in [6.07, 6.45) is 0.608. The molecule has 3 nitrogen and oxygen atoms in total. The summed E-state index contributed by atoms with van der Waals surface area (Å²) in [4.78, 5) is 0. The Hall–Kier alpha value is -2.61. The van der Waals surface area contributed by atoms with Crippen LogP contribution in [-0.4, -0.2) is 24.0 Å². The lowest BCUT2D eigenvalue weighted by Crippen LogP contribution is -2.31. The van der Waals surface area contributed by atoms with Gasteiger partial charge in [-0.1, -0.05) is 36.4 Å². The van der Waals surface area contributed by atoms with Crippen molar-refractivity contribution in [1.29, 1.82) is 0 Å². The number of halogens is 3. The zero-order chi connectivity index (χ0) is 20.9. The molecule has 3 rings (SSSR count). The average molecular weight is 400 g/mol. The smallest absolute Gasteiger partial charge is 0.402 e. The van der Waals surface area contributed by atoms with E-state index in [1.54, 1.807) is 36.4 Å². The summed E-state index contributed by atoms with van der Waals surface area (Å²) in [7, 11) is -1.91. The van der Waals surface area contributed by atoms with Gasteiger partial charge in [-0.15, -0.1) is 0 Å². The van der Waals surface area contributed by atoms with E-state index in [4.69, 9.17) is 14.7 Å². The van der Waals surface area contributed by atoms with Gasteiger partial charge >= 0.3 is 7.32 Å². The largest absolute Gasteiger partial charge is 0.633 e. The van der Waals surface area contributed by atoms with Gasteiger partial charge in [-0.25, -0.2) is 13.2 Å². The molecule has 0 aliphatic heterocycles. The fourth-order valence-electron chi connectivity index (χ4n) is 3.72. The summed E-state index contributed by atoms with van der Waals surface area (Å²) in [5.41, 5.74) is 0.505. The summed E-state index contributed by atoms with van der Waals surface area (Å²) in [5.74, 6) is -1.41. The highest BCUT2D eigenvalue weighted by molar-refractivity contribution is 6.32. The second-order valence-electron chi connectivity index (χ2n) is 6.74. The third-order valence-electron chi connectivity index (χ3n) is 4.92. The lowest BCUT2D eigenvalue weighted by atomic mass is 9.66. The first-order chi connectivity index (χ1) is 13.9. The number of benzene rings is 3. The van der Waals surface area contributed by atoms with Crippen LogP contribution in [0, 0.1) is 17.5 Å². The van der Waals surface area contributed by atoms with Crippen LogP contribution in [0.4, 0.5) is 13.2 Å². The highest BCUT2D eigenvalue weighted by atomic mass is 19.1. The molecule has 0 amide bonds. The van der Waals surface area contributed by atoms with Crippen molar-refractivity contribution in [2.24, 2.45) is 0 Å². The van der Waals surface area contributed by atoms with E-state index in [-0.39, 0.29) is 13.0 Å². The molecule has 29 heavy (non-hydrogen) atoms. The highest BCUT2D eigenvalue weighted by Crippen LogP contribution is 2.43. The Morgan fingerprint density at radius 1 is 0.724 bits per heavy atom. The molecule has 3 aromatic rings. The molecule has 2 N–H and O–H groups in total. The molecule has 0 saturated heterocycles. The van der Waals surface area contributed by atoms with Crippen molar-refractivity contribution in [3.05, 3.63) is 107 Å². The van der Waals surface area contributed by atoms with Crippen LogP contribution >= 0.6 is 0 Å². The second-order valence-corrected chi connectivity index (χ2v) is 6.74. The van der Waals surface area contributed by atoms with Crippen LogP contribution in [0.15, 0.2) is 72.8 Å². The molecule has 0 bridgehead atoms. The normalized spacial score (nSPS) is 11.5. The highest BCUT2D eigenvalue weighted by Gasteiger charge is 2.37. The quantitative estimate of drug-likeness (QED) is 0.339. The van der Waals surface area contributed by atoms with Gasteiger partial charge in [0.25, 0.3) is 0 Å². The Morgan fingerprint density at radius 3 is 1.48 bits per heavy atom. The summed E-state index contributed by atoms with van der Waals surface area (Å²) < 4.78 is 47.2. The molecule has 3 aromatic carbocycles. The summed E-state index contributed by atoms with van der Waals surface area (Å²) in [6, 6.07) is 17.7. The first-order valence-corrected chi connectivity index (χ1v) is 9.18. The van der Waals surface area contributed by atoms with Gasteiger partial charge in [-0.3, -0.25) is 0 Å². The minimum absolute atomic E-state index is 0.000631. The summed E-state index contributed by atoms with van der Waals surface area (Å²) >= 11 is 0. The molecule has 0 atom stereocenters. The maximum absolute atomic E-state index is 14.1. The molecule has 0 spiro atoms. The minimum atomic E-state index is -1.91. The second kappa shape index (κ2) is 9.26. The molecule has 0 heterocycles. The molecule has 0 aromatic heterocycles. The van der Waals surface area contributed by atoms with Gasteiger partial charge in [-0.05, 0) is 65.9 Å². The number of hydrogen-bond donors (Lipinski definition) is 2. The van der Waals surface area contributed by atoms with Gasteiger partial charge in [-0.2, -0.15) is 0 Å². The molecule has 0 fully saturated rings. The lowest BCUT2D eigenvalue weighted by molar-refractivity contribution is 0.179. The SMILES string of the molecule is OB(O)OCCCC(c1cccc(F)c1)(c1cccc(F)c1)c1cccc(F)c1. The van der Waals surface area contributed by atoms with E-state index in [9.17, 15) is 13.2 Å². The predicted octanol–water partition coefficient (Wildman–Crippen LogP) is 4.20. The topological polar surface area (TPSA) is 49.7 Å². The first-order valence-electron chi connectivity index (χ1n) is 9.18. The van der Waals surface area contributed by atoms with Crippen molar-refractivity contribution in [2.45, 2.75) is 18.3 Å². The van der Waals surface area contributed by atoms with Gasteiger partial charge < -0.3 is 14.7 Å². The van der Waals surface area contributed by atoms with Crippen molar-refractivity contribution >= 4 is 7.32 Å². The van der Waals surface area contributed by atoms with Gasteiger partial charge in [0, 0.05) is 12.0 Å².